The lowest BCUT2D eigenvalue weighted by molar-refractivity contribution is -0.136. The minimum absolute atomic E-state index is 0.272. The highest BCUT2D eigenvalue weighted by atomic mass is 16.3. The number of aryl methyl sites for hydroxylation is 1. The fourth-order valence-corrected chi connectivity index (χ4v) is 3.60. The molecule has 2 fully saturated rings. The Hall–Kier alpha value is -2.31. The molecular formula is C18H25N3O4. The third kappa shape index (κ3) is 3.41. The molecule has 1 spiro atoms. The lowest BCUT2D eigenvalue weighted by Gasteiger charge is -2.33. The highest BCUT2D eigenvalue weighted by molar-refractivity contribution is 6.09. The van der Waals surface area contributed by atoms with Gasteiger partial charge in [0.05, 0.1) is 6.04 Å². The summed E-state index contributed by atoms with van der Waals surface area (Å²) in [5.74, 6) is 1.30. The summed E-state index contributed by atoms with van der Waals surface area (Å²) in [7, 11) is 0. The zero-order valence-corrected chi connectivity index (χ0v) is 14.9. The molecule has 25 heavy (non-hydrogen) atoms. The summed E-state index contributed by atoms with van der Waals surface area (Å²) < 4.78 is 5.48. The smallest absolute Gasteiger partial charge is 0.325 e. The van der Waals surface area contributed by atoms with Crippen molar-refractivity contribution >= 4 is 17.8 Å². The van der Waals surface area contributed by atoms with Crippen LogP contribution in [0.5, 0.6) is 0 Å². The SMILES string of the molecule is Cc1ccc(C(C)NC(=O)CN2C(=O)NC3(CCC(C)CC3)C2=O)o1. The Bertz CT molecular complexity index is 688. The summed E-state index contributed by atoms with van der Waals surface area (Å²) in [6.07, 6.45) is 3.08. The molecule has 0 aromatic carbocycles. The van der Waals surface area contributed by atoms with Crippen LogP contribution in [0.15, 0.2) is 16.5 Å². The number of amides is 4. The Labute approximate surface area is 147 Å². The summed E-state index contributed by atoms with van der Waals surface area (Å²) in [4.78, 5) is 38.3. The van der Waals surface area contributed by atoms with Gasteiger partial charge in [-0.1, -0.05) is 6.92 Å². The van der Waals surface area contributed by atoms with Crippen LogP contribution in [0.25, 0.3) is 0 Å². The van der Waals surface area contributed by atoms with E-state index in [-0.39, 0.29) is 24.4 Å². The van der Waals surface area contributed by atoms with Crippen LogP contribution in [-0.4, -0.2) is 34.8 Å². The first-order valence-corrected chi connectivity index (χ1v) is 8.80. The van der Waals surface area contributed by atoms with Gasteiger partial charge in [0.2, 0.25) is 5.91 Å². The molecule has 2 aliphatic rings. The molecule has 0 bridgehead atoms. The Balaban J connectivity index is 1.61. The third-order valence-electron chi connectivity index (χ3n) is 5.24. The van der Waals surface area contributed by atoms with E-state index in [1.54, 1.807) is 13.0 Å². The summed E-state index contributed by atoms with van der Waals surface area (Å²) in [6, 6.07) is 2.82. The summed E-state index contributed by atoms with van der Waals surface area (Å²) in [6.45, 7) is 5.50. The molecule has 7 heteroatoms. The molecule has 3 rings (SSSR count). The maximum Gasteiger partial charge on any atom is 0.325 e. The monoisotopic (exact) mass is 347 g/mol. The van der Waals surface area contributed by atoms with Gasteiger partial charge in [-0.2, -0.15) is 0 Å². The third-order valence-corrected chi connectivity index (χ3v) is 5.24. The van der Waals surface area contributed by atoms with Gasteiger partial charge in [0.15, 0.2) is 0 Å². The van der Waals surface area contributed by atoms with Crippen molar-refractivity contribution < 1.29 is 18.8 Å². The number of furan rings is 1. The molecule has 2 heterocycles. The lowest BCUT2D eigenvalue weighted by atomic mass is 9.77. The molecule has 4 amide bonds. The van der Waals surface area contributed by atoms with Crippen LogP contribution >= 0.6 is 0 Å². The van der Waals surface area contributed by atoms with Crippen molar-refractivity contribution in [1.29, 1.82) is 0 Å². The van der Waals surface area contributed by atoms with Gasteiger partial charge >= 0.3 is 6.03 Å². The Kier molecular flexibility index (Phi) is 4.58. The number of imide groups is 1. The highest BCUT2D eigenvalue weighted by Gasteiger charge is 2.52. The number of urea groups is 1. The van der Waals surface area contributed by atoms with E-state index < -0.39 is 11.6 Å². The molecule has 1 aliphatic heterocycles. The van der Waals surface area contributed by atoms with E-state index in [2.05, 4.69) is 17.6 Å². The van der Waals surface area contributed by atoms with Gasteiger partial charge in [0.25, 0.3) is 5.91 Å². The molecule has 2 N–H and O–H groups in total. The van der Waals surface area contributed by atoms with Crippen LogP contribution in [0, 0.1) is 12.8 Å². The van der Waals surface area contributed by atoms with Crippen molar-refractivity contribution in [2.75, 3.05) is 6.54 Å². The molecule has 0 radical (unpaired) electrons. The average molecular weight is 347 g/mol. The number of carbonyl (C=O) groups excluding carboxylic acids is 3. The van der Waals surface area contributed by atoms with Gasteiger partial charge < -0.3 is 15.1 Å². The van der Waals surface area contributed by atoms with Crippen molar-refractivity contribution in [2.24, 2.45) is 5.92 Å². The second kappa shape index (κ2) is 6.54. The number of nitrogens with zero attached hydrogens (tertiary/aromatic N) is 1. The Morgan fingerprint density at radius 1 is 1.40 bits per heavy atom. The quantitative estimate of drug-likeness (QED) is 0.817. The van der Waals surface area contributed by atoms with Gasteiger partial charge in [0.1, 0.15) is 23.6 Å². The molecule has 1 aromatic rings. The Morgan fingerprint density at radius 2 is 2.08 bits per heavy atom. The van der Waals surface area contributed by atoms with Crippen LogP contribution in [0.4, 0.5) is 4.79 Å². The van der Waals surface area contributed by atoms with Crippen LogP contribution in [0.1, 0.15) is 57.1 Å². The minimum Gasteiger partial charge on any atom is -0.464 e. The molecule has 1 saturated carbocycles. The fraction of sp³-hybridized carbons (Fsp3) is 0.611. The number of rotatable bonds is 4. The van der Waals surface area contributed by atoms with E-state index in [4.69, 9.17) is 4.42 Å². The Morgan fingerprint density at radius 3 is 2.68 bits per heavy atom. The van der Waals surface area contributed by atoms with E-state index in [0.717, 1.165) is 23.5 Å². The molecule has 1 saturated heterocycles. The van der Waals surface area contributed by atoms with E-state index in [1.807, 2.05) is 13.0 Å². The summed E-state index contributed by atoms with van der Waals surface area (Å²) in [5, 5.41) is 5.59. The van der Waals surface area contributed by atoms with E-state index in [9.17, 15) is 14.4 Å². The van der Waals surface area contributed by atoms with Crippen molar-refractivity contribution in [3.05, 3.63) is 23.7 Å². The number of carbonyl (C=O) groups is 3. The zero-order valence-electron chi connectivity index (χ0n) is 14.9. The lowest BCUT2D eigenvalue weighted by Crippen LogP contribution is -2.50. The molecule has 1 aliphatic carbocycles. The normalized spacial score (nSPS) is 27.5. The molecular weight excluding hydrogens is 322 g/mol. The maximum absolute atomic E-state index is 12.7. The summed E-state index contributed by atoms with van der Waals surface area (Å²) in [5.41, 5.74) is -0.812. The topological polar surface area (TPSA) is 91.7 Å². The van der Waals surface area contributed by atoms with Crippen LogP contribution in [-0.2, 0) is 9.59 Å². The first-order chi connectivity index (χ1) is 11.8. The second-order valence-electron chi connectivity index (χ2n) is 7.32. The molecule has 1 unspecified atom stereocenters. The van der Waals surface area contributed by atoms with Crippen molar-refractivity contribution in [3.63, 3.8) is 0 Å². The van der Waals surface area contributed by atoms with Gasteiger partial charge in [0, 0.05) is 0 Å². The predicted molar refractivity (Wildman–Crippen MR) is 90.6 cm³/mol. The van der Waals surface area contributed by atoms with Gasteiger partial charge in [-0.05, 0) is 57.6 Å². The predicted octanol–water partition coefficient (Wildman–Crippen LogP) is 2.27. The first-order valence-electron chi connectivity index (χ1n) is 8.80. The largest absolute Gasteiger partial charge is 0.464 e. The van der Waals surface area contributed by atoms with E-state index in [1.165, 1.54) is 0 Å². The van der Waals surface area contributed by atoms with Gasteiger partial charge in [-0.15, -0.1) is 0 Å². The van der Waals surface area contributed by atoms with E-state index >= 15 is 0 Å². The average Bonchev–Trinajstić information content (AvgIpc) is 3.08. The maximum atomic E-state index is 12.7. The first kappa shape index (κ1) is 17.5. The fourth-order valence-electron chi connectivity index (χ4n) is 3.60. The van der Waals surface area contributed by atoms with Gasteiger partial charge in [-0.25, -0.2) is 4.79 Å². The van der Waals surface area contributed by atoms with Crippen LogP contribution < -0.4 is 10.6 Å². The number of nitrogens with one attached hydrogen (secondary N) is 2. The molecule has 7 nitrogen and oxygen atoms in total. The summed E-state index contributed by atoms with van der Waals surface area (Å²) >= 11 is 0. The van der Waals surface area contributed by atoms with Crippen LogP contribution in [0.3, 0.4) is 0 Å². The zero-order chi connectivity index (χ0) is 18.2. The van der Waals surface area contributed by atoms with E-state index in [0.29, 0.717) is 24.5 Å². The van der Waals surface area contributed by atoms with Crippen LogP contribution in [0.2, 0.25) is 0 Å². The molecule has 1 aromatic heterocycles. The second-order valence-corrected chi connectivity index (χ2v) is 7.32. The number of hydrogen-bond donors (Lipinski definition) is 2. The minimum atomic E-state index is -0.812. The number of hydrogen-bond acceptors (Lipinski definition) is 4. The van der Waals surface area contributed by atoms with Crippen molar-refractivity contribution in [2.45, 2.75) is 58.0 Å². The standard InChI is InChI=1S/C18H25N3O4/c1-11-6-8-18(9-7-11)16(23)21(17(24)20-18)10-15(22)19-13(3)14-5-4-12(2)25-14/h4-5,11,13H,6-10H2,1-3H3,(H,19,22)(H,20,24). The molecule has 136 valence electrons. The van der Waals surface area contributed by atoms with Gasteiger partial charge in [-0.3, -0.25) is 14.5 Å². The molecule has 1 atom stereocenters. The van der Waals surface area contributed by atoms with Crippen molar-refractivity contribution in [3.8, 4) is 0 Å². The highest BCUT2D eigenvalue weighted by Crippen LogP contribution is 2.36. The van der Waals surface area contributed by atoms with Crippen molar-refractivity contribution in [1.82, 2.24) is 15.5 Å².